The molecule has 0 aliphatic carbocycles. The number of aryl methyl sites for hydroxylation is 1. The van der Waals surface area contributed by atoms with E-state index in [4.69, 9.17) is 0 Å². The molecule has 0 aliphatic heterocycles. The van der Waals surface area contributed by atoms with Crippen molar-refractivity contribution in [2.24, 2.45) is 5.92 Å². The first-order valence-electron chi connectivity index (χ1n) is 6.08. The second-order valence-corrected chi connectivity index (χ2v) is 5.03. The molecule has 1 rings (SSSR count). The van der Waals surface area contributed by atoms with Crippen LogP contribution in [-0.4, -0.2) is 12.6 Å². The van der Waals surface area contributed by atoms with E-state index in [1.54, 1.807) is 6.92 Å². The van der Waals surface area contributed by atoms with E-state index in [1.165, 1.54) is 12.1 Å². The van der Waals surface area contributed by atoms with Crippen LogP contribution in [0.2, 0.25) is 0 Å². The molecule has 0 spiro atoms. The first-order valence-corrected chi connectivity index (χ1v) is 6.08. The Hall–Kier alpha value is -0.960. The van der Waals surface area contributed by atoms with E-state index in [0.29, 0.717) is 18.0 Å². The molecule has 17 heavy (non-hydrogen) atoms. The van der Waals surface area contributed by atoms with Gasteiger partial charge in [-0.1, -0.05) is 26.8 Å². The second-order valence-electron chi connectivity index (χ2n) is 5.03. The minimum atomic E-state index is -0.440. The highest BCUT2D eigenvalue weighted by atomic mass is 19.1. The summed E-state index contributed by atoms with van der Waals surface area (Å²) in [5.41, 5.74) is 0.716. The van der Waals surface area contributed by atoms with Crippen LogP contribution in [0.3, 0.4) is 0 Å². The lowest BCUT2D eigenvalue weighted by molar-refractivity contribution is 0.454. The lowest BCUT2D eigenvalue weighted by Crippen LogP contribution is -2.29. The SMILES string of the molecule is Cc1ccc(F)c(CC(C)CNC(C)C)c1F. The Kier molecular flexibility index (Phi) is 5.06. The Morgan fingerprint density at radius 3 is 2.41 bits per heavy atom. The Labute approximate surface area is 102 Å². The predicted octanol–water partition coefficient (Wildman–Crippen LogP) is 3.45. The molecule has 1 aromatic rings. The summed E-state index contributed by atoms with van der Waals surface area (Å²) in [7, 11) is 0. The van der Waals surface area contributed by atoms with Gasteiger partial charge in [0.05, 0.1) is 0 Å². The van der Waals surface area contributed by atoms with E-state index in [1.807, 2.05) is 6.92 Å². The van der Waals surface area contributed by atoms with Crippen LogP contribution in [0, 0.1) is 24.5 Å². The third kappa shape index (κ3) is 4.08. The fourth-order valence-corrected chi connectivity index (χ4v) is 1.76. The molecule has 0 aliphatic rings. The summed E-state index contributed by atoms with van der Waals surface area (Å²) in [5.74, 6) is -0.630. The van der Waals surface area contributed by atoms with Crippen molar-refractivity contribution in [1.29, 1.82) is 0 Å². The van der Waals surface area contributed by atoms with Crippen molar-refractivity contribution in [1.82, 2.24) is 5.32 Å². The van der Waals surface area contributed by atoms with Crippen LogP contribution in [0.25, 0.3) is 0 Å². The normalized spacial score (nSPS) is 13.1. The Morgan fingerprint density at radius 1 is 1.18 bits per heavy atom. The number of hydrogen-bond acceptors (Lipinski definition) is 1. The fraction of sp³-hybridized carbons (Fsp3) is 0.571. The largest absolute Gasteiger partial charge is 0.314 e. The van der Waals surface area contributed by atoms with Crippen molar-refractivity contribution in [3.63, 3.8) is 0 Å². The summed E-state index contributed by atoms with van der Waals surface area (Å²) in [5, 5.41) is 3.27. The number of rotatable bonds is 5. The van der Waals surface area contributed by atoms with Crippen LogP contribution in [-0.2, 0) is 6.42 Å². The summed E-state index contributed by atoms with van der Waals surface area (Å²) in [6, 6.07) is 3.21. The predicted molar refractivity (Wildman–Crippen MR) is 67.1 cm³/mol. The van der Waals surface area contributed by atoms with Crippen LogP contribution in [0.15, 0.2) is 12.1 Å². The molecule has 0 saturated carbocycles. The number of nitrogens with one attached hydrogen (secondary N) is 1. The Bertz CT molecular complexity index is 375. The van der Waals surface area contributed by atoms with Gasteiger partial charge >= 0.3 is 0 Å². The maximum atomic E-state index is 13.8. The molecule has 1 N–H and O–H groups in total. The van der Waals surface area contributed by atoms with E-state index < -0.39 is 11.6 Å². The molecule has 3 heteroatoms. The highest BCUT2D eigenvalue weighted by molar-refractivity contribution is 5.26. The van der Waals surface area contributed by atoms with Crippen molar-refractivity contribution in [3.8, 4) is 0 Å². The van der Waals surface area contributed by atoms with Gasteiger partial charge < -0.3 is 5.32 Å². The highest BCUT2D eigenvalue weighted by Crippen LogP contribution is 2.19. The number of hydrogen-bond donors (Lipinski definition) is 1. The summed E-state index contributed by atoms with van der Waals surface area (Å²) in [6.45, 7) is 8.54. The van der Waals surface area contributed by atoms with Gasteiger partial charge in [0, 0.05) is 11.6 Å². The molecule has 0 bridgehead atoms. The average Bonchev–Trinajstić information content (AvgIpc) is 2.27. The zero-order valence-electron chi connectivity index (χ0n) is 11.0. The zero-order chi connectivity index (χ0) is 13.0. The van der Waals surface area contributed by atoms with Crippen LogP contribution < -0.4 is 5.32 Å². The van der Waals surface area contributed by atoms with Gasteiger partial charge in [-0.3, -0.25) is 0 Å². The molecule has 1 atom stereocenters. The minimum absolute atomic E-state index is 0.211. The van der Waals surface area contributed by atoms with Gasteiger partial charge in [-0.25, -0.2) is 8.78 Å². The number of benzene rings is 1. The van der Waals surface area contributed by atoms with Crippen LogP contribution in [0.5, 0.6) is 0 Å². The molecule has 0 saturated heterocycles. The van der Waals surface area contributed by atoms with Gasteiger partial charge in [-0.15, -0.1) is 0 Å². The van der Waals surface area contributed by atoms with Gasteiger partial charge in [-0.2, -0.15) is 0 Å². The van der Waals surface area contributed by atoms with Gasteiger partial charge in [0.2, 0.25) is 0 Å². The lowest BCUT2D eigenvalue weighted by Gasteiger charge is -2.16. The number of halogens is 2. The second kappa shape index (κ2) is 6.10. The standard InChI is InChI=1S/C14H21F2N/c1-9(2)17-8-10(3)7-12-13(15)6-5-11(4)14(12)16/h5-6,9-10,17H,7-8H2,1-4H3. The summed E-state index contributed by atoms with van der Waals surface area (Å²) in [4.78, 5) is 0. The van der Waals surface area contributed by atoms with Crippen LogP contribution in [0.1, 0.15) is 31.9 Å². The molecule has 96 valence electrons. The molecule has 1 nitrogen and oxygen atoms in total. The quantitative estimate of drug-likeness (QED) is 0.832. The average molecular weight is 241 g/mol. The highest BCUT2D eigenvalue weighted by Gasteiger charge is 2.14. The first kappa shape index (κ1) is 14.1. The van der Waals surface area contributed by atoms with E-state index in [9.17, 15) is 8.78 Å². The molecular weight excluding hydrogens is 220 g/mol. The van der Waals surface area contributed by atoms with Crippen molar-refractivity contribution in [3.05, 3.63) is 34.9 Å². The van der Waals surface area contributed by atoms with E-state index >= 15 is 0 Å². The third-order valence-electron chi connectivity index (χ3n) is 2.81. The Morgan fingerprint density at radius 2 is 1.82 bits per heavy atom. The molecular formula is C14H21F2N. The summed E-state index contributed by atoms with van der Waals surface area (Å²) < 4.78 is 27.3. The molecule has 0 radical (unpaired) electrons. The molecule has 1 aromatic carbocycles. The van der Waals surface area contributed by atoms with E-state index in [-0.39, 0.29) is 11.5 Å². The van der Waals surface area contributed by atoms with Gasteiger partial charge in [0.1, 0.15) is 11.6 Å². The van der Waals surface area contributed by atoms with Gasteiger partial charge in [-0.05, 0) is 37.4 Å². The van der Waals surface area contributed by atoms with Gasteiger partial charge in [0.25, 0.3) is 0 Å². The fourth-order valence-electron chi connectivity index (χ4n) is 1.76. The zero-order valence-corrected chi connectivity index (χ0v) is 11.0. The summed E-state index contributed by atoms with van der Waals surface area (Å²) in [6.07, 6.45) is 0.430. The maximum absolute atomic E-state index is 13.8. The first-order chi connectivity index (χ1) is 7.91. The van der Waals surface area contributed by atoms with Crippen molar-refractivity contribution < 1.29 is 8.78 Å². The third-order valence-corrected chi connectivity index (χ3v) is 2.81. The molecule has 0 amide bonds. The lowest BCUT2D eigenvalue weighted by atomic mass is 9.98. The van der Waals surface area contributed by atoms with Crippen LogP contribution >= 0.6 is 0 Å². The molecule has 0 aromatic heterocycles. The topological polar surface area (TPSA) is 12.0 Å². The van der Waals surface area contributed by atoms with Crippen LogP contribution in [0.4, 0.5) is 8.78 Å². The van der Waals surface area contributed by atoms with Gasteiger partial charge in [0.15, 0.2) is 0 Å². The van der Waals surface area contributed by atoms with Crippen molar-refractivity contribution >= 4 is 0 Å². The van der Waals surface area contributed by atoms with Crippen molar-refractivity contribution in [2.45, 2.75) is 40.2 Å². The van der Waals surface area contributed by atoms with Crippen molar-refractivity contribution in [2.75, 3.05) is 6.54 Å². The molecule has 0 heterocycles. The minimum Gasteiger partial charge on any atom is -0.314 e. The Balaban J connectivity index is 2.71. The smallest absolute Gasteiger partial charge is 0.132 e. The summed E-state index contributed by atoms with van der Waals surface area (Å²) >= 11 is 0. The maximum Gasteiger partial charge on any atom is 0.132 e. The molecule has 1 unspecified atom stereocenters. The van der Waals surface area contributed by atoms with E-state index in [2.05, 4.69) is 19.2 Å². The monoisotopic (exact) mass is 241 g/mol. The van der Waals surface area contributed by atoms with E-state index in [0.717, 1.165) is 6.54 Å². The molecule has 0 fully saturated rings.